The SMILES string of the molecule is CC(C)(O)c1cccc(BO)c1. The molecule has 0 radical (unpaired) electrons. The molecule has 2 N–H and O–H groups in total. The van der Waals surface area contributed by atoms with Gasteiger partial charge in [0.15, 0.2) is 0 Å². The third kappa shape index (κ3) is 2.09. The Balaban J connectivity index is 3.02. The van der Waals surface area contributed by atoms with Gasteiger partial charge in [-0.05, 0) is 19.4 Å². The van der Waals surface area contributed by atoms with Gasteiger partial charge in [0.05, 0.1) is 5.60 Å². The van der Waals surface area contributed by atoms with Crippen molar-refractivity contribution in [2.75, 3.05) is 0 Å². The van der Waals surface area contributed by atoms with Crippen LogP contribution in [0.3, 0.4) is 0 Å². The van der Waals surface area contributed by atoms with Crippen molar-refractivity contribution in [2.45, 2.75) is 19.4 Å². The van der Waals surface area contributed by atoms with Crippen LogP contribution in [0.2, 0.25) is 0 Å². The first-order valence-corrected chi connectivity index (χ1v) is 3.96. The summed E-state index contributed by atoms with van der Waals surface area (Å²) in [6, 6.07) is 7.31. The lowest BCUT2D eigenvalue weighted by molar-refractivity contribution is 0.0787. The molecule has 12 heavy (non-hydrogen) atoms. The molecule has 0 aliphatic rings. The Hall–Kier alpha value is -0.795. The fraction of sp³-hybridized carbons (Fsp3) is 0.333. The second kappa shape index (κ2) is 3.29. The Morgan fingerprint density at radius 3 is 2.50 bits per heavy atom. The predicted molar refractivity (Wildman–Crippen MR) is 50.7 cm³/mol. The maximum atomic E-state index is 9.63. The highest BCUT2D eigenvalue weighted by Crippen LogP contribution is 2.17. The molecule has 0 aromatic heterocycles. The van der Waals surface area contributed by atoms with Gasteiger partial charge in [-0.2, -0.15) is 0 Å². The van der Waals surface area contributed by atoms with Gasteiger partial charge in [-0.1, -0.05) is 29.7 Å². The van der Waals surface area contributed by atoms with Gasteiger partial charge in [0.25, 0.3) is 0 Å². The van der Waals surface area contributed by atoms with Crippen molar-refractivity contribution in [3.8, 4) is 0 Å². The first-order valence-electron chi connectivity index (χ1n) is 3.96. The molecule has 0 bridgehead atoms. The highest BCUT2D eigenvalue weighted by atomic mass is 16.3. The first-order chi connectivity index (χ1) is 5.54. The van der Waals surface area contributed by atoms with Crippen LogP contribution in [0.1, 0.15) is 19.4 Å². The predicted octanol–water partition coefficient (Wildman–Crippen LogP) is -0.117. The molecule has 0 fully saturated rings. The lowest BCUT2D eigenvalue weighted by atomic mass is 9.85. The van der Waals surface area contributed by atoms with Crippen LogP contribution >= 0.6 is 0 Å². The second-order valence-corrected chi connectivity index (χ2v) is 3.42. The fourth-order valence-corrected chi connectivity index (χ4v) is 1.05. The van der Waals surface area contributed by atoms with Crippen molar-refractivity contribution in [1.82, 2.24) is 0 Å². The van der Waals surface area contributed by atoms with Crippen LogP contribution < -0.4 is 5.46 Å². The summed E-state index contributed by atoms with van der Waals surface area (Å²) in [5.74, 6) is 0. The summed E-state index contributed by atoms with van der Waals surface area (Å²) in [7, 11) is 0.0178. The molecule has 0 aliphatic heterocycles. The zero-order valence-electron chi connectivity index (χ0n) is 7.41. The molecule has 0 aliphatic carbocycles. The van der Waals surface area contributed by atoms with E-state index >= 15 is 0 Å². The van der Waals surface area contributed by atoms with Crippen molar-refractivity contribution in [3.05, 3.63) is 29.8 Å². The highest BCUT2D eigenvalue weighted by molar-refractivity contribution is 6.45. The van der Waals surface area contributed by atoms with Crippen LogP contribution in [0.15, 0.2) is 24.3 Å². The Morgan fingerprint density at radius 1 is 1.33 bits per heavy atom. The average Bonchev–Trinajstić information content (AvgIpc) is 2.03. The molecule has 2 nitrogen and oxygen atoms in total. The zero-order valence-corrected chi connectivity index (χ0v) is 7.41. The Kier molecular flexibility index (Phi) is 2.55. The van der Waals surface area contributed by atoms with E-state index in [-0.39, 0.29) is 7.48 Å². The third-order valence-corrected chi connectivity index (χ3v) is 1.82. The van der Waals surface area contributed by atoms with Gasteiger partial charge < -0.3 is 10.1 Å². The molecular formula is C9H13BO2. The maximum Gasteiger partial charge on any atom is 0.304 e. The Morgan fingerprint density at radius 2 is 2.00 bits per heavy atom. The number of rotatable bonds is 2. The lowest BCUT2D eigenvalue weighted by Crippen LogP contribution is -2.20. The van der Waals surface area contributed by atoms with Gasteiger partial charge in [0, 0.05) is 0 Å². The largest absolute Gasteiger partial charge is 0.449 e. The van der Waals surface area contributed by atoms with E-state index in [9.17, 15) is 5.11 Å². The highest BCUT2D eigenvalue weighted by Gasteiger charge is 2.15. The standard InChI is InChI=1S/C9H13BO2/c1-9(2,11)7-4-3-5-8(6-7)10-12/h3-6,10-12H,1-2H3. The molecule has 0 spiro atoms. The molecule has 1 aromatic rings. The minimum Gasteiger partial charge on any atom is -0.449 e. The topological polar surface area (TPSA) is 40.5 Å². The average molecular weight is 164 g/mol. The summed E-state index contributed by atoms with van der Waals surface area (Å²) in [6.07, 6.45) is 0. The molecule has 1 aromatic carbocycles. The summed E-state index contributed by atoms with van der Waals surface area (Å²) in [6.45, 7) is 3.45. The zero-order chi connectivity index (χ0) is 9.19. The summed E-state index contributed by atoms with van der Waals surface area (Å²) < 4.78 is 0. The summed E-state index contributed by atoms with van der Waals surface area (Å²) in [4.78, 5) is 0. The monoisotopic (exact) mass is 164 g/mol. The molecule has 64 valence electrons. The van der Waals surface area contributed by atoms with E-state index in [1.54, 1.807) is 19.9 Å². The molecule has 0 heterocycles. The van der Waals surface area contributed by atoms with Crippen molar-refractivity contribution >= 4 is 12.9 Å². The van der Waals surface area contributed by atoms with Gasteiger partial charge >= 0.3 is 7.48 Å². The normalized spacial score (nSPS) is 11.3. The van der Waals surface area contributed by atoms with Gasteiger partial charge in [-0.3, -0.25) is 0 Å². The van der Waals surface area contributed by atoms with Crippen LogP contribution in [0.5, 0.6) is 0 Å². The van der Waals surface area contributed by atoms with Crippen molar-refractivity contribution in [2.24, 2.45) is 0 Å². The van der Waals surface area contributed by atoms with Crippen LogP contribution in [0, 0.1) is 0 Å². The number of benzene rings is 1. The Labute approximate surface area is 73.1 Å². The van der Waals surface area contributed by atoms with Crippen LogP contribution in [0.4, 0.5) is 0 Å². The molecule has 0 unspecified atom stereocenters. The second-order valence-electron chi connectivity index (χ2n) is 3.42. The first kappa shape index (κ1) is 9.29. The van der Waals surface area contributed by atoms with Crippen LogP contribution in [-0.2, 0) is 5.60 Å². The maximum absolute atomic E-state index is 9.63. The molecule has 0 saturated carbocycles. The smallest absolute Gasteiger partial charge is 0.304 e. The molecule has 0 amide bonds. The third-order valence-electron chi connectivity index (χ3n) is 1.82. The Bertz CT molecular complexity index is 265. The van der Waals surface area contributed by atoms with Gasteiger partial charge in [-0.25, -0.2) is 0 Å². The number of hydrogen-bond donors (Lipinski definition) is 2. The van der Waals surface area contributed by atoms with Crippen molar-refractivity contribution in [3.63, 3.8) is 0 Å². The van der Waals surface area contributed by atoms with E-state index in [0.717, 1.165) is 11.0 Å². The van der Waals surface area contributed by atoms with E-state index in [0.29, 0.717) is 0 Å². The van der Waals surface area contributed by atoms with Gasteiger partial charge in [0.2, 0.25) is 0 Å². The van der Waals surface area contributed by atoms with Crippen molar-refractivity contribution < 1.29 is 10.1 Å². The van der Waals surface area contributed by atoms with E-state index in [2.05, 4.69) is 0 Å². The van der Waals surface area contributed by atoms with Crippen molar-refractivity contribution in [1.29, 1.82) is 0 Å². The van der Waals surface area contributed by atoms with Crippen LogP contribution in [-0.4, -0.2) is 17.6 Å². The molecular weight excluding hydrogens is 151 g/mol. The number of hydrogen-bond acceptors (Lipinski definition) is 2. The number of aliphatic hydroxyl groups is 1. The molecule has 0 atom stereocenters. The minimum absolute atomic E-state index is 0.0178. The summed E-state index contributed by atoms with van der Waals surface area (Å²) in [5.41, 5.74) is 0.828. The fourth-order valence-electron chi connectivity index (χ4n) is 1.05. The van der Waals surface area contributed by atoms with Gasteiger partial charge in [0.1, 0.15) is 0 Å². The van der Waals surface area contributed by atoms with E-state index in [1.807, 2.05) is 18.2 Å². The lowest BCUT2D eigenvalue weighted by Gasteiger charge is -2.17. The summed E-state index contributed by atoms with van der Waals surface area (Å²) >= 11 is 0. The van der Waals surface area contributed by atoms with Gasteiger partial charge in [-0.15, -0.1) is 0 Å². The minimum atomic E-state index is -0.828. The van der Waals surface area contributed by atoms with E-state index in [4.69, 9.17) is 5.02 Å². The molecule has 3 heteroatoms. The van der Waals surface area contributed by atoms with E-state index < -0.39 is 5.60 Å². The summed E-state index contributed by atoms with van der Waals surface area (Å²) in [5, 5.41) is 18.5. The molecule has 0 saturated heterocycles. The molecule has 1 rings (SSSR count). The van der Waals surface area contributed by atoms with E-state index in [1.165, 1.54) is 0 Å². The van der Waals surface area contributed by atoms with Crippen LogP contribution in [0.25, 0.3) is 0 Å². The quantitative estimate of drug-likeness (QED) is 0.598.